The minimum absolute atomic E-state index is 0.296. The lowest BCUT2D eigenvalue weighted by atomic mass is 10.2. The Kier molecular flexibility index (Phi) is 5.44. The van der Waals surface area contributed by atoms with E-state index in [0.29, 0.717) is 13.1 Å². The maximum Gasteiger partial charge on any atom is 0.275 e. The molecule has 0 aromatic heterocycles. The van der Waals surface area contributed by atoms with E-state index in [0.717, 1.165) is 38.1 Å². The van der Waals surface area contributed by atoms with Gasteiger partial charge in [0.2, 0.25) is 0 Å². The highest BCUT2D eigenvalue weighted by Crippen LogP contribution is 2.24. The maximum absolute atomic E-state index is 13.7. The van der Waals surface area contributed by atoms with Crippen molar-refractivity contribution < 1.29 is 13.7 Å². The van der Waals surface area contributed by atoms with Gasteiger partial charge in [0, 0.05) is 13.1 Å². The number of nitrogens with zero attached hydrogens (tertiary/aromatic N) is 2. The Labute approximate surface area is 122 Å². The summed E-state index contributed by atoms with van der Waals surface area (Å²) in [5.74, 6) is -1.87. The minimum Gasteiger partial charge on any atom is -0.379 e. The number of hydrogen-bond acceptors (Lipinski definition) is 4. The molecule has 1 heterocycles. The quantitative estimate of drug-likeness (QED) is 0.670. The van der Waals surface area contributed by atoms with E-state index in [1.807, 2.05) is 0 Å². The van der Waals surface area contributed by atoms with E-state index < -0.39 is 22.2 Å². The summed E-state index contributed by atoms with van der Waals surface area (Å²) >= 11 is 0. The standard InChI is InChI=1S/C14H19F2N3O2/c15-12-9-11(19(20)21)10-13(16)14(12)17-5-8-18-6-3-1-2-4-7-18/h9-10,17H,1-8H2. The molecular formula is C14H19F2N3O2. The third-order valence-corrected chi connectivity index (χ3v) is 3.67. The molecule has 7 heteroatoms. The summed E-state index contributed by atoms with van der Waals surface area (Å²) in [5, 5.41) is 13.2. The molecule has 1 fully saturated rings. The van der Waals surface area contributed by atoms with E-state index in [1.165, 1.54) is 12.8 Å². The Morgan fingerprint density at radius 3 is 2.24 bits per heavy atom. The van der Waals surface area contributed by atoms with Crippen molar-refractivity contribution in [2.75, 3.05) is 31.5 Å². The summed E-state index contributed by atoms with van der Waals surface area (Å²) in [6.45, 7) is 3.13. The zero-order chi connectivity index (χ0) is 15.2. The Balaban J connectivity index is 1.92. The van der Waals surface area contributed by atoms with Crippen LogP contribution in [-0.2, 0) is 0 Å². The summed E-state index contributed by atoms with van der Waals surface area (Å²) < 4.78 is 27.4. The van der Waals surface area contributed by atoms with Crippen molar-refractivity contribution in [2.45, 2.75) is 25.7 Å². The van der Waals surface area contributed by atoms with Gasteiger partial charge in [-0.05, 0) is 25.9 Å². The molecule has 1 saturated heterocycles. The van der Waals surface area contributed by atoms with Crippen LogP contribution in [0, 0.1) is 21.7 Å². The van der Waals surface area contributed by atoms with Crippen molar-refractivity contribution in [2.24, 2.45) is 0 Å². The van der Waals surface area contributed by atoms with Gasteiger partial charge >= 0.3 is 0 Å². The summed E-state index contributed by atoms with van der Waals surface area (Å²) in [6, 6.07) is 1.47. The fourth-order valence-electron chi connectivity index (χ4n) is 2.53. The molecule has 2 rings (SSSR count). The molecule has 0 spiro atoms. The van der Waals surface area contributed by atoms with Gasteiger partial charge in [0.25, 0.3) is 5.69 Å². The van der Waals surface area contributed by atoms with Gasteiger partial charge in [-0.15, -0.1) is 0 Å². The van der Waals surface area contributed by atoms with Crippen molar-refractivity contribution in [3.05, 3.63) is 33.9 Å². The summed E-state index contributed by atoms with van der Waals surface area (Å²) in [5.41, 5.74) is -0.876. The molecule has 0 amide bonds. The molecule has 0 radical (unpaired) electrons. The van der Waals surface area contributed by atoms with E-state index in [9.17, 15) is 18.9 Å². The van der Waals surface area contributed by atoms with Gasteiger partial charge in [-0.3, -0.25) is 10.1 Å². The predicted molar refractivity (Wildman–Crippen MR) is 76.4 cm³/mol. The van der Waals surface area contributed by atoms with E-state index in [-0.39, 0.29) is 5.69 Å². The molecule has 116 valence electrons. The summed E-state index contributed by atoms with van der Waals surface area (Å²) in [7, 11) is 0. The van der Waals surface area contributed by atoms with Crippen LogP contribution >= 0.6 is 0 Å². The largest absolute Gasteiger partial charge is 0.379 e. The number of non-ortho nitro benzene ring substituents is 1. The molecule has 1 aromatic carbocycles. The fraction of sp³-hybridized carbons (Fsp3) is 0.571. The summed E-state index contributed by atoms with van der Waals surface area (Å²) in [6.07, 6.45) is 4.77. The number of benzene rings is 1. The molecular weight excluding hydrogens is 280 g/mol. The van der Waals surface area contributed by atoms with E-state index in [4.69, 9.17) is 0 Å². The van der Waals surface area contributed by atoms with Crippen molar-refractivity contribution in [1.82, 2.24) is 4.90 Å². The Hall–Kier alpha value is -1.76. The van der Waals surface area contributed by atoms with Crippen LogP contribution in [0.5, 0.6) is 0 Å². The SMILES string of the molecule is O=[N+]([O-])c1cc(F)c(NCCN2CCCCCC2)c(F)c1. The van der Waals surface area contributed by atoms with Gasteiger partial charge in [-0.25, -0.2) is 8.78 Å². The van der Waals surface area contributed by atoms with Crippen molar-refractivity contribution in [1.29, 1.82) is 0 Å². The number of nitro groups is 1. The van der Waals surface area contributed by atoms with E-state index in [1.54, 1.807) is 0 Å². The zero-order valence-corrected chi connectivity index (χ0v) is 11.8. The second-order valence-corrected chi connectivity index (χ2v) is 5.22. The Morgan fingerprint density at radius 1 is 1.14 bits per heavy atom. The van der Waals surface area contributed by atoms with Crippen LogP contribution in [0.2, 0.25) is 0 Å². The lowest BCUT2D eigenvalue weighted by Gasteiger charge is -2.20. The van der Waals surface area contributed by atoms with Gasteiger partial charge in [-0.1, -0.05) is 12.8 Å². The van der Waals surface area contributed by atoms with Crippen LogP contribution in [-0.4, -0.2) is 36.0 Å². The molecule has 1 aliphatic rings. The first-order chi connectivity index (χ1) is 10.1. The molecule has 0 unspecified atom stereocenters. The van der Waals surface area contributed by atoms with Crippen LogP contribution in [0.1, 0.15) is 25.7 Å². The van der Waals surface area contributed by atoms with Crippen molar-refractivity contribution >= 4 is 11.4 Å². The number of rotatable bonds is 5. The smallest absolute Gasteiger partial charge is 0.275 e. The number of hydrogen-bond donors (Lipinski definition) is 1. The lowest BCUT2D eigenvalue weighted by molar-refractivity contribution is -0.385. The summed E-state index contributed by atoms with van der Waals surface area (Å²) in [4.78, 5) is 12.0. The maximum atomic E-state index is 13.7. The molecule has 0 atom stereocenters. The Morgan fingerprint density at radius 2 is 1.71 bits per heavy atom. The van der Waals surface area contributed by atoms with Crippen LogP contribution in [0.3, 0.4) is 0 Å². The number of nitro benzene ring substituents is 1. The van der Waals surface area contributed by atoms with E-state index in [2.05, 4.69) is 10.2 Å². The second-order valence-electron chi connectivity index (χ2n) is 5.22. The first-order valence-electron chi connectivity index (χ1n) is 7.17. The van der Waals surface area contributed by atoms with Crippen LogP contribution in [0.25, 0.3) is 0 Å². The molecule has 1 aliphatic heterocycles. The second kappa shape index (κ2) is 7.31. The van der Waals surface area contributed by atoms with Crippen LogP contribution in [0.4, 0.5) is 20.2 Å². The van der Waals surface area contributed by atoms with E-state index >= 15 is 0 Å². The lowest BCUT2D eigenvalue weighted by Crippen LogP contribution is -2.30. The van der Waals surface area contributed by atoms with Gasteiger partial charge < -0.3 is 10.2 Å². The average Bonchev–Trinajstić information content (AvgIpc) is 2.70. The van der Waals surface area contributed by atoms with Gasteiger partial charge in [0.15, 0.2) is 11.6 Å². The monoisotopic (exact) mass is 299 g/mol. The van der Waals surface area contributed by atoms with Crippen molar-refractivity contribution in [3.63, 3.8) is 0 Å². The third kappa shape index (κ3) is 4.35. The average molecular weight is 299 g/mol. The zero-order valence-electron chi connectivity index (χ0n) is 11.8. The minimum atomic E-state index is -0.933. The topological polar surface area (TPSA) is 58.4 Å². The highest BCUT2D eigenvalue weighted by atomic mass is 19.1. The molecule has 21 heavy (non-hydrogen) atoms. The first kappa shape index (κ1) is 15.6. The number of halogens is 2. The van der Waals surface area contributed by atoms with Crippen molar-refractivity contribution in [3.8, 4) is 0 Å². The predicted octanol–water partition coefficient (Wildman–Crippen LogP) is 3.16. The molecule has 1 aromatic rings. The van der Waals surface area contributed by atoms with Crippen LogP contribution < -0.4 is 5.32 Å². The molecule has 5 nitrogen and oxygen atoms in total. The third-order valence-electron chi connectivity index (χ3n) is 3.67. The van der Waals surface area contributed by atoms with Gasteiger partial charge in [0.1, 0.15) is 5.69 Å². The molecule has 0 bridgehead atoms. The fourth-order valence-corrected chi connectivity index (χ4v) is 2.53. The van der Waals surface area contributed by atoms with Gasteiger partial charge in [-0.2, -0.15) is 0 Å². The number of anilines is 1. The number of likely N-dealkylation sites (tertiary alicyclic amines) is 1. The Bertz CT molecular complexity index is 480. The molecule has 0 aliphatic carbocycles. The molecule has 0 saturated carbocycles. The molecule has 1 N–H and O–H groups in total. The normalized spacial score (nSPS) is 16.5. The highest BCUT2D eigenvalue weighted by Gasteiger charge is 2.17. The van der Waals surface area contributed by atoms with Gasteiger partial charge in [0.05, 0.1) is 17.1 Å². The number of nitrogens with one attached hydrogen (secondary N) is 1. The van der Waals surface area contributed by atoms with Crippen LogP contribution in [0.15, 0.2) is 12.1 Å². The first-order valence-corrected chi connectivity index (χ1v) is 7.17. The highest BCUT2D eigenvalue weighted by molar-refractivity contribution is 5.51.